The Kier molecular flexibility index (Phi) is 11.2. The van der Waals surface area contributed by atoms with Gasteiger partial charge in [0, 0.05) is 125 Å². The van der Waals surface area contributed by atoms with Crippen molar-refractivity contribution in [1.82, 2.24) is 39.5 Å². The number of fused-ring (bicyclic) bond motifs is 26. The summed E-state index contributed by atoms with van der Waals surface area (Å²) in [5.41, 5.74) is 10.6. The Morgan fingerprint density at radius 1 is 0.379 bits per heavy atom. The number of nitrogens with zero attached hydrogens (tertiary/aromatic N) is 7. The quantitative estimate of drug-likeness (QED) is 0.174. The third-order valence-corrected chi connectivity index (χ3v) is 19.2. The third kappa shape index (κ3) is 7.65. The second-order valence-corrected chi connectivity index (χ2v) is 23.9. The molecule has 10 heterocycles. The number of hydrogen-bond acceptors (Lipinski definition) is 10. The first-order valence-corrected chi connectivity index (χ1v) is 30.4. The second-order valence-electron chi connectivity index (χ2n) is 21.4. The maximum absolute atomic E-state index is 6.41. The van der Waals surface area contributed by atoms with Crippen LogP contribution in [0, 0.1) is 0 Å². The molecule has 1 N–H and O–H groups in total. The highest BCUT2D eigenvalue weighted by molar-refractivity contribution is 7.27. The fourth-order valence-corrected chi connectivity index (χ4v) is 15.7. The van der Waals surface area contributed by atoms with Gasteiger partial charge in [0.05, 0.1) is 38.7 Å². The van der Waals surface area contributed by atoms with E-state index in [9.17, 15) is 0 Å². The smallest absolute Gasteiger partial charge is 0.238 e. The zero-order valence-electron chi connectivity index (χ0n) is 45.7. The lowest BCUT2D eigenvalue weighted by Gasteiger charge is -2.11. The van der Waals surface area contributed by atoms with Crippen LogP contribution in [0.5, 0.6) is 0 Å². The summed E-state index contributed by atoms with van der Waals surface area (Å²) in [4.78, 5) is 31.3. The van der Waals surface area contributed by atoms with Gasteiger partial charge in [-0.3, -0.25) is 14.5 Å². The van der Waals surface area contributed by atoms with E-state index in [1.54, 1.807) is 18.6 Å². The molecule has 0 aliphatic heterocycles. The summed E-state index contributed by atoms with van der Waals surface area (Å²) in [5, 5.41) is 19.2. The second kappa shape index (κ2) is 19.6. The summed E-state index contributed by atoms with van der Waals surface area (Å²) >= 11 is 9.74. The van der Waals surface area contributed by atoms with Crippen molar-refractivity contribution in [2.45, 2.75) is 0 Å². The number of nitrogens with one attached hydrogen (secondary N) is 1. The number of benzene rings is 10. The van der Waals surface area contributed by atoms with E-state index in [0.29, 0.717) is 17.4 Å². The first kappa shape index (κ1) is 49.5. The van der Waals surface area contributed by atoms with Gasteiger partial charge in [-0.25, -0.2) is 9.97 Å². The molecule has 0 amide bonds. The van der Waals surface area contributed by atoms with E-state index in [4.69, 9.17) is 30.4 Å². The molecule has 0 spiro atoms. The SMILES string of the molecule is Clc1nc(-c2cccnc2)c2c(n1)oc1ccccc12.c1ccc2c(c1)[nH]c1c2c2ccccc2c2sc3ccccc3c12.c1cncc(-c2nc(-n3c4ccccc4c4c5ccccc5c5sc6ccccc6c5c43)nc3oc4ccccc4c23)c1. The minimum Gasteiger partial charge on any atom is -0.438 e. The molecule has 0 atom stereocenters. The van der Waals surface area contributed by atoms with Crippen molar-refractivity contribution in [3.8, 4) is 28.5 Å². The zero-order chi connectivity index (χ0) is 57.3. The van der Waals surface area contributed by atoms with Crippen LogP contribution in [-0.4, -0.2) is 39.5 Å². The number of rotatable bonds is 3. The molecule has 0 saturated carbocycles. The fraction of sp³-hybridized carbons (Fsp3) is 0. The standard InChI is InChI=1S/C37H20N4OS.C22H13NS.C15H8ClN3O/c1-2-12-23-22(11-1)30-24-13-3-6-16-27(24)41(34(30)32-26-15-5-8-18-29(26)43-35(23)32)37-39-33(21-10-9-19-38-20-21)31-25-14-4-7-17-28(25)42-36(31)40-37;1-2-8-14-13(7-1)19-15-9-3-5-11-17(15)23-21(19)20-16-10-4-6-12-18(16)24-22(14)20;16-15-18-13(9-4-3-7-17-8-9)12-10-5-1-2-6-11(10)20-14(12)19-15/h1-20H;1-12,23H;1-8H. The number of H-pyrrole nitrogens is 1. The van der Waals surface area contributed by atoms with Gasteiger partial charge in [0.2, 0.25) is 22.7 Å². The van der Waals surface area contributed by atoms with E-state index >= 15 is 0 Å². The number of pyridine rings is 2. The summed E-state index contributed by atoms with van der Waals surface area (Å²) in [5.74, 6) is 0.573. The maximum Gasteiger partial charge on any atom is 0.238 e. The number of hydrogen-bond donors (Lipinski definition) is 1. The normalized spacial score (nSPS) is 12.0. The van der Waals surface area contributed by atoms with E-state index < -0.39 is 0 Å². The Morgan fingerprint density at radius 3 is 1.48 bits per heavy atom. The average Bonchev–Trinajstić information content (AvgIpc) is 1.59. The summed E-state index contributed by atoms with van der Waals surface area (Å²) in [6, 6.07) is 75.8. The number of para-hydroxylation sites is 4. The molecule has 0 aliphatic rings. The number of aromatic amines is 1. The summed E-state index contributed by atoms with van der Waals surface area (Å²) in [6.07, 6.45) is 7.11. The average molecular weight is 1170 g/mol. The molecule has 0 radical (unpaired) electrons. The molecule has 87 heavy (non-hydrogen) atoms. The molecule has 0 unspecified atom stereocenters. The lowest BCUT2D eigenvalue weighted by molar-refractivity contribution is 0.651. The lowest BCUT2D eigenvalue weighted by atomic mass is 10.00. The van der Waals surface area contributed by atoms with E-state index in [-0.39, 0.29) is 5.28 Å². The van der Waals surface area contributed by atoms with Crippen molar-refractivity contribution in [3.05, 3.63) is 248 Å². The van der Waals surface area contributed by atoms with Gasteiger partial charge >= 0.3 is 0 Å². The van der Waals surface area contributed by atoms with Crippen molar-refractivity contribution >= 4 is 184 Å². The van der Waals surface area contributed by atoms with Crippen molar-refractivity contribution in [1.29, 1.82) is 0 Å². The molecule has 20 aromatic rings. The Labute approximate surface area is 505 Å². The summed E-state index contributed by atoms with van der Waals surface area (Å²) in [7, 11) is 0. The molecule has 0 fully saturated rings. The van der Waals surface area contributed by atoms with Crippen LogP contribution in [0.25, 0.3) is 178 Å². The highest BCUT2D eigenvalue weighted by atomic mass is 35.5. The molecular weight excluding hydrogens is 1130 g/mol. The van der Waals surface area contributed by atoms with Gasteiger partial charge in [-0.15, -0.1) is 22.7 Å². The van der Waals surface area contributed by atoms with Gasteiger partial charge in [0.15, 0.2) is 0 Å². The van der Waals surface area contributed by atoms with Crippen LogP contribution < -0.4 is 0 Å². The van der Waals surface area contributed by atoms with Gasteiger partial charge in [0.1, 0.15) is 11.2 Å². The number of halogens is 1. The first-order valence-electron chi connectivity index (χ1n) is 28.4. The van der Waals surface area contributed by atoms with E-state index in [2.05, 4.69) is 181 Å². The predicted molar refractivity (Wildman–Crippen MR) is 361 cm³/mol. The van der Waals surface area contributed by atoms with Crippen LogP contribution in [0.4, 0.5) is 0 Å². The van der Waals surface area contributed by atoms with Crippen LogP contribution in [-0.2, 0) is 0 Å². The molecule has 10 aromatic heterocycles. The monoisotopic (exact) mass is 1170 g/mol. The fourth-order valence-electron chi connectivity index (χ4n) is 13.1. The van der Waals surface area contributed by atoms with E-state index in [1.807, 2.05) is 95.6 Å². The molecule has 408 valence electrons. The van der Waals surface area contributed by atoms with Crippen LogP contribution >= 0.6 is 34.3 Å². The Morgan fingerprint density at radius 2 is 0.862 bits per heavy atom. The molecule has 13 heteroatoms. The first-order chi connectivity index (χ1) is 43.1. The maximum atomic E-state index is 6.41. The van der Waals surface area contributed by atoms with Gasteiger partial charge < -0.3 is 13.8 Å². The Bertz CT molecular complexity index is 6180. The highest BCUT2D eigenvalue weighted by Gasteiger charge is 2.26. The van der Waals surface area contributed by atoms with Crippen molar-refractivity contribution < 1.29 is 8.83 Å². The van der Waals surface area contributed by atoms with Crippen molar-refractivity contribution in [2.75, 3.05) is 0 Å². The van der Waals surface area contributed by atoms with Crippen LogP contribution in [0.1, 0.15) is 0 Å². The predicted octanol–water partition coefficient (Wildman–Crippen LogP) is 21.0. The largest absolute Gasteiger partial charge is 0.438 e. The van der Waals surface area contributed by atoms with Gasteiger partial charge in [-0.05, 0) is 83.0 Å². The summed E-state index contributed by atoms with van der Waals surface area (Å²) in [6.45, 7) is 0. The molecular formula is C74H41ClN8O2S2. The third-order valence-electron chi connectivity index (χ3n) is 16.6. The van der Waals surface area contributed by atoms with Gasteiger partial charge in [0.25, 0.3) is 0 Å². The minimum absolute atomic E-state index is 0.162. The molecule has 0 aliphatic carbocycles. The highest BCUT2D eigenvalue weighted by Crippen LogP contribution is 2.49. The van der Waals surface area contributed by atoms with Crippen LogP contribution in [0.3, 0.4) is 0 Å². The summed E-state index contributed by atoms with van der Waals surface area (Å²) < 4.78 is 19.6. The molecule has 10 aromatic carbocycles. The van der Waals surface area contributed by atoms with Gasteiger partial charge in [-0.2, -0.15) is 9.97 Å². The number of aromatic nitrogens is 8. The Balaban J connectivity index is 0.000000109. The minimum atomic E-state index is 0.162. The molecule has 0 saturated heterocycles. The molecule has 0 bridgehead atoms. The van der Waals surface area contributed by atoms with E-state index in [1.165, 1.54) is 94.5 Å². The zero-order valence-corrected chi connectivity index (χ0v) is 48.1. The van der Waals surface area contributed by atoms with Crippen LogP contribution in [0.2, 0.25) is 5.28 Å². The molecule has 10 nitrogen and oxygen atoms in total. The van der Waals surface area contributed by atoms with Gasteiger partial charge in [-0.1, -0.05) is 158 Å². The van der Waals surface area contributed by atoms with Crippen molar-refractivity contribution in [2.24, 2.45) is 0 Å². The van der Waals surface area contributed by atoms with E-state index in [0.717, 1.165) is 66.3 Å². The van der Waals surface area contributed by atoms with Crippen LogP contribution in [0.15, 0.2) is 252 Å². The number of thiophene rings is 2. The lowest BCUT2D eigenvalue weighted by Crippen LogP contribution is -2.03. The molecule has 20 rings (SSSR count). The topological polar surface area (TPSA) is 124 Å². The Hall–Kier alpha value is -10.9. The number of furan rings is 2. The van der Waals surface area contributed by atoms with Crippen molar-refractivity contribution in [3.63, 3.8) is 0 Å².